The molecule has 9 N–H and O–H groups in total. The van der Waals surface area contributed by atoms with Crippen molar-refractivity contribution in [1.29, 1.82) is 0 Å². The number of hydrogen-bond donors (Lipinski definition) is 9. The van der Waals surface area contributed by atoms with Gasteiger partial charge in [-0.1, -0.05) is 91.0 Å². The molecule has 2 saturated heterocycles. The Morgan fingerprint density at radius 3 is 1.71 bits per heavy atom. The number of carbonyl (C=O) groups excluding carboxylic acids is 3. The Balaban J connectivity index is 1.23. The number of ether oxygens (including phenoxy) is 7. The number of amides is 3. The molecule has 404 valence electrons. The van der Waals surface area contributed by atoms with Gasteiger partial charge in [0.25, 0.3) is 11.4 Å². The Labute approximate surface area is 427 Å². The zero-order valence-electron chi connectivity index (χ0n) is 40.4. The number of nitrogens with one attached hydrogen (secondary N) is 3. The van der Waals surface area contributed by atoms with Crippen LogP contribution in [0.1, 0.15) is 30.0 Å². The molecule has 3 aliphatic rings. The fourth-order valence-corrected chi connectivity index (χ4v) is 9.07. The molecule has 1 aliphatic carbocycles. The summed E-state index contributed by atoms with van der Waals surface area (Å²) in [4.78, 5) is 63.7. The molecule has 0 unspecified atom stereocenters. The summed E-state index contributed by atoms with van der Waals surface area (Å²) in [5, 5.41) is 101. The average Bonchev–Trinajstić information content (AvgIpc) is 3.40. The maximum atomic E-state index is 13.7. The summed E-state index contributed by atoms with van der Waals surface area (Å²) in [6, 6.07) is 22.2. The van der Waals surface area contributed by atoms with Gasteiger partial charge in [-0.15, -0.1) is 0 Å². The first-order chi connectivity index (χ1) is 35.8. The van der Waals surface area contributed by atoms with Gasteiger partial charge in [-0.2, -0.15) is 0 Å². The van der Waals surface area contributed by atoms with Gasteiger partial charge >= 0.3 is 18.3 Å². The molecule has 0 spiro atoms. The number of rotatable bonds is 18. The zero-order valence-corrected chi connectivity index (χ0v) is 40.4. The van der Waals surface area contributed by atoms with E-state index in [0.717, 1.165) is 17.0 Å². The van der Waals surface area contributed by atoms with Crippen molar-refractivity contribution in [2.75, 3.05) is 25.6 Å². The van der Waals surface area contributed by atoms with Crippen LogP contribution in [0.2, 0.25) is 0 Å². The van der Waals surface area contributed by atoms with Gasteiger partial charge in [0.05, 0.1) is 47.3 Å². The monoisotopic (exact) mass is 1050 g/mol. The highest BCUT2D eigenvalue weighted by atomic mass is 16.7. The van der Waals surface area contributed by atoms with Crippen molar-refractivity contribution in [3.8, 4) is 0 Å². The molecular weight excluding hydrogens is 993 g/mol. The average molecular weight is 1050 g/mol. The zero-order chi connectivity index (χ0) is 54.0. The lowest BCUT2D eigenvalue weighted by Gasteiger charge is -2.51. The van der Waals surface area contributed by atoms with Crippen molar-refractivity contribution < 1.29 is 88.0 Å². The van der Waals surface area contributed by atoms with Gasteiger partial charge in [-0.25, -0.2) is 14.4 Å². The van der Waals surface area contributed by atoms with E-state index >= 15 is 0 Å². The van der Waals surface area contributed by atoms with E-state index in [2.05, 4.69) is 16.0 Å². The number of benzene rings is 4. The molecule has 4 aromatic carbocycles. The Morgan fingerprint density at radius 2 is 1.21 bits per heavy atom. The van der Waals surface area contributed by atoms with Gasteiger partial charge in [0.15, 0.2) is 12.6 Å². The summed E-state index contributed by atoms with van der Waals surface area (Å²) in [5.41, 5.74) is -2.03. The minimum absolute atomic E-state index is 0.162. The number of alkyl carbamates (subject to hydrolysis) is 2. The van der Waals surface area contributed by atoms with E-state index in [-0.39, 0.29) is 19.8 Å². The molecule has 14 atom stereocenters. The topological polar surface area (TPSA) is 363 Å². The van der Waals surface area contributed by atoms with Crippen molar-refractivity contribution in [3.63, 3.8) is 0 Å². The lowest BCUT2D eigenvalue weighted by atomic mass is 9.83. The third-order valence-corrected chi connectivity index (χ3v) is 12.9. The number of anilines is 1. The SMILES string of the molecule is CN(C(=O)OCc1ccccc1)[C@@H]1[C@@H](O)[C@@H](O[C@@H]2[C@@H](O)[C@H](O[C@H]3O[C@H](CO)[C@@H](O)[C@H](O)[C@H]3Nc3ccc([N+](=O)[O-])cc3[N+](=O)[O-])[C@@H](NC(=O)OCc3ccccc3)C[C@H]2NC(=O)OCc2ccccc2)OC[C@]1(C)O. The fourth-order valence-electron chi connectivity index (χ4n) is 9.07. The number of nitro benzene ring substituents is 2. The second kappa shape index (κ2) is 24.9. The van der Waals surface area contributed by atoms with Crippen LogP contribution in [-0.4, -0.2) is 169 Å². The molecule has 26 nitrogen and oxygen atoms in total. The molecule has 7 rings (SSSR count). The number of aliphatic hydroxyl groups excluding tert-OH is 5. The first-order valence-corrected chi connectivity index (χ1v) is 23.6. The summed E-state index contributed by atoms with van der Waals surface area (Å²) in [7, 11) is 1.27. The summed E-state index contributed by atoms with van der Waals surface area (Å²) < 4.78 is 41.0. The smallest absolute Gasteiger partial charge is 0.410 e. The molecule has 4 aromatic rings. The lowest BCUT2D eigenvalue weighted by molar-refractivity contribution is -0.393. The minimum atomic E-state index is -2.09. The summed E-state index contributed by atoms with van der Waals surface area (Å²) in [6.07, 6.45) is -20.3. The highest BCUT2D eigenvalue weighted by Gasteiger charge is 2.56. The summed E-state index contributed by atoms with van der Waals surface area (Å²) in [6.45, 7) is -0.832. The first kappa shape index (κ1) is 55.6. The third kappa shape index (κ3) is 13.8. The number of nitrogens with zero attached hydrogens (tertiary/aromatic N) is 3. The van der Waals surface area contributed by atoms with Gasteiger partial charge in [0, 0.05) is 13.1 Å². The molecule has 0 radical (unpaired) electrons. The minimum Gasteiger partial charge on any atom is -0.445 e. The predicted octanol–water partition coefficient (Wildman–Crippen LogP) is 1.95. The number of carbonyl (C=O) groups is 3. The molecule has 2 aliphatic heterocycles. The van der Waals surface area contributed by atoms with E-state index in [1.165, 1.54) is 14.0 Å². The Hall–Kier alpha value is -7.11. The van der Waals surface area contributed by atoms with Gasteiger partial charge in [-0.3, -0.25) is 20.2 Å². The molecule has 2 heterocycles. The van der Waals surface area contributed by atoms with Crippen LogP contribution in [0, 0.1) is 20.2 Å². The van der Waals surface area contributed by atoms with Gasteiger partial charge in [0.1, 0.15) is 79.9 Å². The molecule has 3 fully saturated rings. The second-order valence-electron chi connectivity index (χ2n) is 18.3. The molecular formula is C49H58N6O20. The normalized spacial score (nSPS) is 29.5. The van der Waals surface area contributed by atoms with Crippen LogP contribution in [0.25, 0.3) is 0 Å². The van der Waals surface area contributed by atoms with Crippen LogP contribution in [0.4, 0.5) is 31.4 Å². The number of nitro groups is 2. The fraction of sp³-hybridized carbons (Fsp3) is 0.449. The maximum absolute atomic E-state index is 13.7. The second-order valence-corrected chi connectivity index (χ2v) is 18.3. The molecule has 26 heteroatoms. The summed E-state index contributed by atoms with van der Waals surface area (Å²) >= 11 is 0. The Kier molecular flexibility index (Phi) is 18.5. The van der Waals surface area contributed by atoms with Crippen LogP contribution >= 0.6 is 0 Å². The van der Waals surface area contributed by atoms with Gasteiger partial charge in [0.2, 0.25) is 0 Å². The van der Waals surface area contributed by atoms with Crippen molar-refractivity contribution in [1.82, 2.24) is 15.5 Å². The molecule has 75 heavy (non-hydrogen) atoms. The number of non-ortho nitro benzene ring substituents is 1. The van der Waals surface area contributed by atoms with Gasteiger partial charge in [-0.05, 0) is 36.1 Å². The molecule has 3 amide bonds. The van der Waals surface area contributed by atoms with Crippen molar-refractivity contribution >= 4 is 35.3 Å². The van der Waals surface area contributed by atoms with E-state index in [1.807, 2.05) is 0 Å². The van der Waals surface area contributed by atoms with E-state index < -0.39 is 150 Å². The van der Waals surface area contributed by atoms with Crippen LogP contribution in [-0.2, 0) is 53.0 Å². The van der Waals surface area contributed by atoms with Crippen molar-refractivity contribution in [2.24, 2.45) is 0 Å². The van der Waals surface area contributed by atoms with E-state index in [4.69, 9.17) is 33.2 Å². The molecule has 1 saturated carbocycles. The number of aliphatic hydroxyl groups is 6. The van der Waals surface area contributed by atoms with Crippen molar-refractivity contribution in [3.05, 3.63) is 146 Å². The predicted molar refractivity (Wildman–Crippen MR) is 257 cm³/mol. The van der Waals surface area contributed by atoms with Crippen LogP contribution in [0.3, 0.4) is 0 Å². The largest absolute Gasteiger partial charge is 0.445 e. The van der Waals surface area contributed by atoms with Crippen molar-refractivity contribution in [2.45, 2.75) is 118 Å². The number of likely N-dealkylation sites (N-methyl/N-ethyl adjacent to an activating group) is 1. The summed E-state index contributed by atoms with van der Waals surface area (Å²) in [5.74, 6) is 0. The van der Waals surface area contributed by atoms with E-state index in [9.17, 15) is 65.3 Å². The van der Waals surface area contributed by atoms with Crippen LogP contribution < -0.4 is 16.0 Å². The number of hydrogen-bond acceptors (Lipinski definition) is 21. The highest BCUT2D eigenvalue weighted by Crippen LogP contribution is 2.37. The van der Waals surface area contributed by atoms with Crippen LogP contribution in [0.5, 0.6) is 0 Å². The van der Waals surface area contributed by atoms with E-state index in [0.29, 0.717) is 22.8 Å². The lowest BCUT2D eigenvalue weighted by Crippen LogP contribution is -2.71. The first-order valence-electron chi connectivity index (χ1n) is 23.6. The standard InChI is InChI=1S/C49H58N6O20/c1-49(64)26-72-45(40(60)43(49)53(2)48(63)71-25-29-16-10-5-11-17-29)75-42-33(52-47(62)70-24-28-14-8-4-9-15-28)21-32(51-46(61)69-23-27-12-6-3-7-13-27)41(39(42)59)74-44-36(38(58)37(57)35(22-56)73-44)50-31-19-18-30(54(65)66)20-34(31)55(67)68/h3-20,32-33,35-45,50,56-60,64H,21-26H2,1-2H3,(H,51,61)(H,52,62)/t32-,33+,35+,36+,37+,38+,39-,40+,41+,42-,43+,44+,45+,49-/m0/s1. The van der Waals surface area contributed by atoms with Gasteiger partial charge < -0.3 is 84.6 Å². The quantitative estimate of drug-likeness (QED) is 0.0391. The molecule has 0 aromatic heterocycles. The van der Waals surface area contributed by atoms with Crippen LogP contribution in [0.15, 0.2) is 109 Å². The Morgan fingerprint density at radius 1 is 0.707 bits per heavy atom. The van der Waals surface area contributed by atoms with E-state index in [1.54, 1.807) is 91.0 Å². The third-order valence-electron chi connectivity index (χ3n) is 12.9. The Bertz CT molecular complexity index is 2570. The maximum Gasteiger partial charge on any atom is 0.410 e. The molecule has 0 bridgehead atoms. The highest BCUT2D eigenvalue weighted by molar-refractivity contribution is 5.69.